The smallest absolute Gasteiger partial charge is 0.363 e. The SMILES string of the molecule is CCNc1[nH]c(=O)n(O)c(=O)c1C(=O)N(C)c1cccc(C)c1. The van der Waals surface area contributed by atoms with Crippen LogP contribution < -0.4 is 21.5 Å². The van der Waals surface area contributed by atoms with Crippen LogP contribution in [0.15, 0.2) is 33.9 Å². The summed E-state index contributed by atoms with van der Waals surface area (Å²) in [5, 5.41) is 12.2. The van der Waals surface area contributed by atoms with E-state index in [0.717, 1.165) is 5.56 Å². The summed E-state index contributed by atoms with van der Waals surface area (Å²) in [7, 11) is 1.51. The minimum absolute atomic E-state index is 0.0164. The predicted octanol–water partition coefficient (Wildman–Crippen LogP) is 0.791. The van der Waals surface area contributed by atoms with E-state index in [4.69, 9.17) is 0 Å². The Hall–Kier alpha value is -3.03. The van der Waals surface area contributed by atoms with Gasteiger partial charge in [-0.1, -0.05) is 16.9 Å². The molecule has 0 fully saturated rings. The summed E-state index contributed by atoms with van der Waals surface area (Å²) in [5.41, 5.74) is -0.879. The first kappa shape index (κ1) is 16.3. The van der Waals surface area contributed by atoms with E-state index in [-0.39, 0.29) is 16.1 Å². The number of nitrogens with one attached hydrogen (secondary N) is 2. The fourth-order valence-electron chi connectivity index (χ4n) is 2.16. The number of rotatable bonds is 4. The van der Waals surface area contributed by atoms with Crippen molar-refractivity contribution in [3.63, 3.8) is 0 Å². The fraction of sp³-hybridized carbons (Fsp3) is 0.267. The predicted molar refractivity (Wildman–Crippen MR) is 86.6 cm³/mol. The molecule has 0 spiro atoms. The van der Waals surface area contributed by atoms with Crippen LogP contribution in [0.1, 0.15) is 22.8 Å². The highest BCUT2D eigenvalue weighted by molar-refractivity contribution is 6.08. The highest BCUT2D eigenvalue weighted by atomic mass is 16.5. The lowest BCUT2D eigenvalue weighted by atomic mass is 10.2. The molecule has 0 radical (unpaired) electrons. The van der Waals surface area contributed by atoms with Crippen molar-refractivity contribution < 1.29 is 10.0 Å². The van der Waals surface area contributed by atoms with Gasteiger partial charge in [0.2, 0.25) is 0 Å². The molecule has 1 aromatic carbocycles. The number of carbonyl (C=O) groups excluding carboxylic acids is 1. The summed E-state index contributed by atoms with van der Waals surface area (Å²) in [5.74, 6) is -0.659. The Morgan fingerprint density at radius 3 is 2.70 bits per heavy atom. The Bertz CT molecular complexity index is 853. The first-order valence-corrected chi connectivity index (χ1v) is 7.04. The van der Waals surface area contributed by atoms with Crippen LogP contribution in [0.4, 0.5) is 11.5 Å². The Kier molecular flexibility index (Phi) is 4.54. The van der Waals surface area contributed by atoms with Gasteiger partial charge in [-0.15, -0.1) is 0 Å². The van der Waals surface area contributed by atoms with Gasteiger partial charge in [0.15, 0.2) is 0 Å². The van der Waals surface area contributed by atoms with E-state index in [1.165, 1.54) is 11.9 Å². The second kappa shape index (κ2) is 6.39. The van der Waals surface area contributed by atoms with Crippen molar-refractivity contribution in [2.45, 2.75) is 13.8 Å². The second-order valence-corrected chi connectivity index (χ2v) is 5.03. The molecule has 2 rings (SSSR count). The molecular formula is C15H18N4O4. The van der Waals surface area contributed by atoms with Crippen molar-refractivity contribution in [1.82, 2.24) is 9.71 Å². The van der Waals surface area contributed by atoms with Crippen LogP contribution in [0.25, 0.3) is 0 Å². The highest BCUT2D eigenvalue weighted by Crippen LogP contribution is 2.17. The van der Waals surface area contributed by atoms with Gasteiger partial charge < -0.3 is 15.4 Å². The van der Waals surface area contributed by atoms with Gasteiger partial charge in [-0.25, -0.2) is 4.79 Å². The molecular weight excluding hydrogens is 300 g/mol. The highest BCUT2D eigenvalue weighted by Gasteiger charge is 2.24. The van der Waals surface area contributed by atoms with Gasteiger partial charge in [-0.3, -0.25) is 14.6 Å². The number of H-pyrrole nitrogens is 1. The van der Waals surface area contributed by atoms with Crippen molar-refractivity contribution in [2.75, 3.05) is 23.8 Å². The average molecular weight is 318 g/mol. The molecule has 0 bridgehead atoms. The molecule has 1 heterocycles. The fourth-order valence-corrected chi connectivity index (χ4v) is 2.16. The maximum absolute atomic E-state index is 12.7. The van der Waals surface area contributed by atoms with E-state index in [9.17, 15) is 19.6 Å². The number of carbonyl (C=O) groups is 1. The lowest BCUT2D eigenvalue weighted by molar-refractivity contribution is 0.0982. The normalized spacial score (nSPS) is 10.4. The van der Waals surface area contributed by atoms with Crippen LogP contribution in [-0.4, -0.2) is 34.4 Å². The number of hydrogen-bond donors (Lipinski definition) is 3. The standard InChI is InChI=1S/C15H18N4O4/c1-4-16-12-11(14(21)19(23)15(22)17-12)13(20)18(3)10-7-5-6-9(2)8-10/h5-8,16,23H,4H2,1-3H3,(H,17,22). The molecule has 0 saturated carbocycles. The molecule has 8 nitrogen and oxygen atoms in total. The van der Waals surface area contributed by atoms with Crippen molar-refractivity contribution in [3.8, 4) is 0 Å². The quantitative estimate of drug-likeness (QED) is 0.723. The topological polar surface area (TPSA) is 107 Å². The number of anilines is 2. The number of aromatic nitrogens is 2. The molecule has 0 saturated heterocycles. The summed E-state index contributed by atoms with van der Waals surface area (Å²) >= 11 is 0. The molecule has 2 aromatic rings. The van der Waals surface area contributed by atoms with Gasteiger partial charge >= 0.3 is 11.2 Å². The van der Waals surface area contributed by atoms with Gasteiger partial charge in [0.25, 0.3) is 5.91 Å². The molecule has 0 unspecified atom stereocenters. The number of hydrogen-bond acceptors (Lipinski definition) is 5. The van der Waals surface area contributed by atoms with E-state index in [1.54, 1.807) is 25.1 Å². The zero-order chi connectivity index (χ0) is 17.1. The molecule has 122 valence electrons. The monoisotopic (exact) mass is 318 g/mol. The Morgan fingerprint density at radius 1 is 1.39 bits per heavy atom. The molecule has 1 aromatic heterocycles. The molecule has 23 heavy (non-hydrogen) atoms. The molecule has 0 aliphatic carbocycles. The van der Waals surface area contributed by atoms with E-state index in [1.807, 2.05) is 13.0 Å². The van der Waals surface area contributed by atoms with Crippen molar-refractivity contribution in [2.24, 2.45) is 0 Å². The van der Waals surface area contributed by atoms with Crippen LogP contribution in [-0.2, 0) is 0 Å². The first-order chi connectivity index (χ1) is 10.9. The number of amides is 1. The Balaban J connectivity index is 2.56. The van der Waals surface area contributed by atoms with Gasteiger partial charge in [-0.2, -0.15) is 0 Å². The number of aryl methyl sites for hydroxylation is 1. The zero-order valence-electron chi connectivity index (χ0n) is 13.1. The summed E-state index contributed by atoms with van der Waals surface area (Å²) in [6, 6.07) is 7.18. The van der Waals surface area contributed by atoms with Crippen LogP contribution in [0.3, 0.4) is 0 Å². The molecule has 0 aliphatic heterocycles. The molecule has 0 atom stereocenters. The number of benzene rings is 1. The molecule has 3 N–H and O–H groups in total. The van der Waals surface area contributed by atoms with Crippen LogP contribution in [0.5, 0.6) is 0 Å². The third kappa shape index (κ3) is 3.10. The lowest BCUT2D eigenvalue weighted by Crippen LogP contribution is -2.41. The number of nitrogens with zero attached hydrogens (tertiary/aromatic N) is 2. The minimum Gasteiger partial charge on any atom is -0.421 e. The third-order valence-electron chi connectivity index (χ3n) is 3.34. The van der Waals surface area contributed by atoms with Crippen LogP contribution in [0, 0.1) is 6.92 Å². The van der Waals surface area contributed by atoms with Crippen molar-refractivity contribution in [1.29, 1.82) is 0 Å². The molecule has 8 heteroatoms. The van der Waals surface area contributed by atoms with Crippen LogP contribution >= 0.6 is 0 Å². The Labute approximate surface area is 132 Å². The zero-order valence-corrected chi connectivity index (χ0v) is 13.1. The number of aromatic amines is 1. The maximum Gasteiger partial charge on any atom is 0.363 e. The second-order valence-electron chi connectivity index (χ2n) is 5.03. The summed E-state index contributed by atoms with van der Waals surface area (Å²) < 4.78 is -0.113. The van der Waals surface area contributed by atoms with E-state index in [2.05, 4.69) is 10.3 Å². The summed E-state index contributed by atoms with van der Waals surface area (Å²) in [6.45, 7) is 4.02. The Morgan fingerprint density at radius 2 is 2.09 bits per heavy atom. The van der Waals surface area contributed by atoms with Gasteiger partial charge in [0, 0.05) is 19.3 Å². The van der Waals surface area contributed by atoms with Crippen molar-refractivity contribution >= 4 is 17.4 Å². The third-order valence-corrected chi connectivity index (χ3v) is 3.34. The van der Waals surface area contributed by atoms with Gasteiger partial charge in [0.05, 0.1) is 0 Å². The van der Waals surface area contributed by atoms with E-state index < -0.39 is 17.2 Å². The largest absolute Gasteiger partial charge is 0.421 e. The minimum atomic E-state index is -1.07. The van der Waals surface area contributed by atoms with Gasteiger partial charge in [0.1, 0.15) is 11.4 Å². The lowest BCUT2D eigenvalue weighted by Gasteiger charge is -2.19. The molecule has 0 aliphatic rings. The maximum atomic E-state index is 12.7. The van der Waals surface area contributed by atoms with E-state index in [0.29, 0.717) is 12.2 Å². The van der Waals surface area contributed by atoms with E-state index >= 15 is 0 Å². The summed E-state index contributed by atoms with van der Waals surface area (Å²) in [6.07, 6.45) is 0. The first-order valence-electron chi connectivity index (χ1n) is 7.04. The average Bonchev–Trinajstić information content (AvgIpc) is 2.52. The van der Waals surface area contributed by atoms with Crippen LogP contribution in [0.2, 0.25) is 0 Å². The van der Waals surface area contributed by atoms with Crippen molar-refractivity contribution in [3.05, 3.63) is 56.2 Å². The molecule has 1 amide bonds. The van der Waals surface area contributed by atoms with Gasteiger partial charge in [-0.05, 0) is 31.5 Å². The summed E-state index contributed by atoms with van der Waals surface area (Å²) in [4.78, 5) is 39.9.